The van der Waals surface area contributed by atoms with Crippen molar-refractivity contribution in [1.82, 2.24) is 0 Å². The van der Waals surface area contributed by atoms with Crippen molar-refractivity contribution in [2.75, 3.05) is 9.80 Å². The van der Waals surface area contributed by atoms with Gasteiger partial charge in [0.2, 0.25) is 0 Å². The molecule has 0 bridgehead atoms. The number of hydrogen-bond donors (Lipinski definition) is 0. The maximum Gasteiger partial charge on any atom is 0.0782 e. The maximum atomic E-state index is 2.51. The quantitative estimate of drug-likeness (QED) is 0.205. The first-order valence-electron chi connectivity index (χ1n) is 14.8. The Hall–Kier alpha value is -5.12. The van der Waals surface area contributed by atoms with Crippen LogP contribution in [-0.4, -0.2) is 0 Å². The van der Waals surface area contributed by atoms with Gasteiger partial charge < -0.3 is 9.80 Å². The molecule has 0 saturated carbocycles. The van der Waals surface area contributed by atoms with Gasteiger partial charge in [0.25, 0.3) is 0 Å². The van der Waals surface area contributed by atoms with Crippen LogP contribution in [0.5, 0.6) is 0 Å². The minimum atomic E-state index is 1.16. The third-order valence-electron chi connectivity index (χ3n) is 9.02. The predicted molar refractivity (Wildman–Crippen MR) is 187 cm³/mol. The van der Waals surface area contributed by atoms with Crippen LogP contribution in [0.3, 0.4) is 0 Å². The van der Waals surface area contributed by atoms with Gasteiger partial charge >= 0.3 is 0 Å². The topological polar surface area (TPSA) is 6.48 Å². The Morgan fingerprint density at radius 1 is 0.395 bits per heavy atom. The van der Waals surface area contributed by atoms with E-state index in [1.54, 1.807) is 0 Å². The number of thiophene rings is 1. The number of hydrogen-bond acceptors (Lipinski definition) is 3. The Bertz CT molecular complexity index is 2390. The Morgan fingerprint density at radius 2 is 0.953 bits per heavy atom. The lowest BCUT2D eigenvalue weighted by atomic mass is 9.94. The number of nitrogens with zero attached hydrogens (tertiary/aromatic N) is 2. The van der Waals surface area contributed by atoms with E-state index in [9.17, 15) is 0 Å². The lowest BCUT2D eigenvalue weighted by Gasteiger charge is -2.42. The highest BCUT2D eigenvalue weighted by Gasteiger charge is 2.33. The average Bonchev–Trinajstić information content (AvgIpc) is 3.42. The van der Waals surface area contributed by atoms with E-state index in [0.29, 0.717) is 0 Å². The highest BCUT2D eigenvalue weighted by molar-refractivity contribution is 7.25. The first-order chi connectivity index (χ1) is 21.2. The van der Waals surface area contributed by atoms with Crippen LogP contribution < -0.4 is 9.80 Å². The predicted octanol–water partition coefficient (Wildman–Crippen LogP) is 12.2. The van der Waals surface area contributed by atoms with Crippen molar-refractivity contribution < 1.29 is 0 Å². The maximum absolute atomic E-state index is 2.51. The van der Waals surface area contributed by atoms with E-state index in [2.05, 4.69) is 157 Å². The van der Waals surface area contributed by atoms with Crippen molar-refractivity contribution in [2.24, 2.45) is 0 Å². The van der Waals surface area contributed by atoms with Crippen LogP contribution in [0.1, 0.15) is 11.1 Å². The SMILES string of the molecule is Cc1cccc2c3c(ccc12)N(c1ccc2sc4ccccc4c2c1)c1c(ccc2c(C)cccc12)N3c1ccccc1. The number of benzene rings is 7. The Morgan fingerprint density at radius 3 is 1.63 bits per heavy atom. The second-order valence-corrected chi connectivity index (χ2v) is 12.6. The van der Waals surface area contributed by atoms with E-state index in [-0.39, 0.29) is 0 Å². The van der Waals surface area contributed by atoms with E-state index in [1.165, 1.54) is 81.3 Å². The Kier molecular flexibility index (Phi) is 5.23. The number of fused-ring (bicyclic) bond motifs is 9. The molecule has 0 radical (unpaired) electrons. The van der Waals surface area contributed by atoms with Gasteiger partial charge in [0.1, 0.15) is 0 Å². The summed E-state index contributed by atoms with van der Waals surface area (Å²) in [5.41, 5.74) is 9.68. The summed E-state index contributed by atoms with van der Waals surface area (Å²) in [5.74, 6) is 0. The third kappa shape index (κ3) is 3.52. The van der Waals surface area contributed by atoms with Gasteiger partial charge in [-0.05, 0) is 84.3 Å². The molecule has 1 aliphatic rings. The zero-order valence-electron chi connectivity index (χ0n) is 24.0. The van der Waals surface area contributed by atoms with Gasteiger partial charge in [-0.1, -0.05) is 84.9 Å². The molecule has 0 saturated heterocycles. The molecular formula is C40H28N2S. The molecule has 43 heavy (non-hydrogen) atoms. The second kappa shape index (κ2) is 9.19. The third-order valence-corrected chi connectivity index (χ3v) is 10.2. The zero-order valence-corrected chi connectivity index (χ0v) is 24.8. The largest absolute Gasteiger partial charge is 0.306 e. The van der Waals surface area contributed by atoms with Crippen LogP contribution in [0, 0.1) is 13.8 Å². The molecule has 0 N–H and O–H groups in total. The molecule has 0 unspecified atom stereocenters. The van der Waals surface area contributed by atoms with Gasteiger partial charge in [0.05, 0.1) is 22.7 Å². The number of anilines is 6. The molecule has 0 atom stereocenters. The fourth-order valence-corrected chi connectivity index (χ4v) is 8.10. The molecule has 8 aromatic rings. The van der Waals surface area contributed by atoms with Gasteiger partial charge in [-0.25, -0.2) is 0 Å². The molecule has 0 amide bonds. The van der Waals surface area contributed by atoms with Crippen LogP contribution in [0.4, 0.5) is 34.1 Å². The van der Waals surface area contributed by atoms with Gasteiger partial charge in [0, 0.05) is 42.3 Å². The summed E-state index contributed by atoms with van der Waals surface area (Å²) in [6.07, 6.45) is 0. The normalized spacial score (nSPS) is 12.8. The van der Waals surface area contributed by atoms with Crippen LogP contribution >= 0.6 is 11.3 Å². The number of aryl methyl sites for hydroxylation is 2. The standard InChI is InChI=1S/C40H28N2S/c1-25-10-8-15-32-29(25)20-22-36-39(32)41(27-12-4-3-5-13-27)35-21-19-30-26(2)11-9-16-33(30)40(35)42(36)28-18-23-38-34(24-28)31-14-6-7-17-37(31)43-38/h3-24H,1-2H3. The molecular weight excluding hydrogens is 541 g/mol. The van der Waals surface area contributed by atoms with Gasteiger partial charge in [-0.2, -0.15) is 0 Å². The zero-order chi connectivity index (χ0) is 28.7. The number of rotatable bonds is 2. The molecule has 1 aromatic heterocycles. The smallest absolute Gasteiger partial charge is 0.0782 e. The van der Waals surface area contributed by atoms with Crippen molar-refractivity contribution >= 4 is 87.2 Å². The van der Waals surface area contributed by atoms with Crippen molar-refractivity contribution in [2.45, 2.75) is 13.8 Å². The molecule has 3 heteroatoms. The molecule has 7 aromatic carbocycles. The second-order valence-electron chi connectivity index (χ2n) is 11.5. The van der Waals surface area contributed by atoms with Crippen LogP contribution in [0.2, 0.25) is 0 Å². The lowest BCUT2D eigenvalue weighted by molar-refractivity contribution is 1.19. The van der Waals surface area contributed by atoms with Gasteiger partial charge in [-0.15, -0.1) is 11.3 Å². The lowest BCUT2D eigenvalue weighted by Crippen LogP contribution is -2.24. The summed E-state index contributed by atoms with van der Waals surface area (Å²) in [6.45, 7) is 4.42. The Labute approximate surface area is 254 Å². The van der Waals surface area contributed by atoms with Crippen molar-refractivity contribution in [1.29, 1.82) is 0 Å². The molecule has 9 rings (SSSR count). The molecule has 2 nitrogen and oxygen atoms in total. The minimum Gasteiger partial charge on any atom is -0.306 e. The van der Waals surface area contributed by atoms with Crippen LogP contribution in [0.25, 0.3) is 41.7 Å². The first kappa shape index (κ1) is 24.5. The molecule has 2 heterocycles. The van der Waals surface area contributed by atoms with Crippen molar-refractivity contribution in [3.8, 4) is 0 Å². The molecule has 204 valence electrons. The molecule has 0 aliphatic carbocycles. The molecule has 0 spiro atoms. The average molecular weight is 569 g/mol. The fraction of sp³-hybridized carbons (Fsp3) is 0.0500. The summed E-state index contributed by atoms with van der Waals surface area (Å²) in [7, 11) is 0. The van der Waals surface area contributed by atoms with E-state index in [4.69, 9.17) is 0 Å². The highest BCUT2D eigenvalue weighted by Crippen LogP contribution is 2.58. The minimum absolute atomic E-state index is 1.16. The summed E-state index contributed by atoms with van der Waals surface area (Å²) in [6, 6.07) is 49.2. The van der Waals surface area contributed by atoms with Gasteiger partial charge in [-0.3, -0.25) is 0 Å². The van der Waals surface area contributed by atoms with E-state index >= 15 is 0 Å². The van der Waals surface area contributed by atoms with E-state index in [1.807, 2.05) is 11.3 Å². The summed E-state index contributed by atoms with van der Waals surface area (Å²) < 4.78 is 2.64. The monoisotopic (exact) mass is 568 g/mol. The Balaban J connectivity index is 1.44. The van der Waals surface area contributed by atoms with Crippen molar-refractivity contribution in [3.63, 3.8) is 0 Å². The van der Waals surface area contributed by atoms with Crippen LogP contribution in [0.15, 0.2) is 133 Å². The number of para-hydroxylation sites is 1. The summed E-state index contributed by atoms with van der Waals surface area (Å²) in [5, 5.41) is 7.69. The molecule has 1 aliphatic heterocycles. The molecule has 0 fully saturated rings. The van der Waals surface area contributed by atoms with Crippen molar-refractivity contribution in [3.05, 3.63) is 145 Å². The first-order valence-corrected chi connectivity index (χ1v) is 15.6. The van der Waals surface area contributed by atoms with E-state index < -0.39 is 0 Å². The van der Waals surface area contributed by atoms with E-state index in [0.717, 1.165) is 5.69 Å². The summed E-state index contributed by atoms with van der Waals surface area (Å²) >= 11 is 1.87. The van der Waals surface area contributed by atoms with Gasteiger partial charge in [0.15, 0.2) is 0 Å². The van der Waals surface area contributed by atoms with Crippen LogP contribution in [-0.2, 0) is 0 Å². The highest BCUT2D eigenvalue weighted by atomic mass is 32.1. The fourth-order valence-electron chi connectivity index (χ4n) is 7.01. The summed E-state index contributed by atoms with van der Waals surface area (Å²) in [4.78, 5) is 4.99.